The third-order valence-electron chi connectivity index (χ3n) is 2.27. The fourth-order valence-electron chi connectivity index (χ4n) is 1.44. The van der Waals surface area contributed by atoms with Gasteiger partial charge in [0.1, 0.15) is 5.69 Å². The molecule has 18 heavy (non-hydrogen) atoms. The van der Waals surface area contributed by atoms with Gasteiger partial charge in [-0.3, -0.25) is 9.59 Å². The van der Waals surface area contributed by atoms with Gasteiger partial charge < -0.3 is 10.3 Å². The molecule has 0 fully saturated rings. The van der Waals surface area contributed by atoms with E-state index in [-0.39, 0.29) is 11.1 Å². The third kappa shape index (κ3) is 2.62. The summed E-state index contributed by atoms with van der Waals surface area (Å²) in [6, 6.07) is 11.0. The Balaban J connectivity index is 2.21. The number of H-pyrrole nitrogens is 1. The van der Waals surface area contributed by atoms with Crippen LogP contribution >= 0.6 is 0 Å². The zero-order valence-electron chi connectivity index (χ0n) is 9.31. The molecule has 0 saturated carbocycles. The second kappa shape index (κ2) is 4.97. The van der Waals surface area contributed by atoms with Gasteiger partial charge in [-0.15, -0.1) is 0 Å². The number of nitrogens with zero attached hydrogens (tertiary/aromatic N) is 1. The van der Waals surface area contributed by atoms with E-state index in [1.165, 1.54) is 18.3 Å². The van der Waals surface area contributed by atoms with Gasteiger partial charge in [0.25, 0.3) is 5.91 Å². The van der Waals surface area contributed by atoms with Crippen LogP contribution in [-0.2, 0) is 0 Å². The molecule has 2 rings (SSSR count). The number of carbonyl (C=O) groups is 1. The molecule has 0 aliphatic heterocycles. The molecule has 0 saturated heterocycles. The number of hydrogen-bond donors (Lipinski definition) is 2. The van der Waals surface area contributed by atoms with Gasteiger partial charge in [-0.1, -0.05) is 6.07 Å². The normalized spacial score (nSPS) is 9.50. The summed E-state index contributed by atoms with van der Waals surface area (Å²) >= 11 is 0. The lowest BCUT2D eigenvalue weighted by Gasteiger charge is -2.04. The van der Waals surface area contributed by atoms with Gasteiger partial charge >= 0.3 is 0 Å². The summed E-state index contributed by atoms with van der Waals surface area (Å²) in [5.41, 5.74) is 0.882. The van der Waals surface area contributed by atoms with E-state index >= 15 is 0 Å². The molecule has 1 heterocycles. The van der Waals surface area contributed by atoms with Crippen molar-refractivity contribution in [2.45, 2.75) is 0 Å². The first-order valence-corrected chi connectivity index (χ1v) is 5.19. The molecule has 1 aromatic heterocycles. The standard InChI is InChI=1S/C13H9N3O2/c14-8-9-2-1-3-10(6-9)16-13(18)12-7-11(17)4-5-15-12/h1-7H,(H,15,17)(H,16,18). The van der Waals surface area contributed by atoms with Crippen LogP contribution in [0.2, 0.25) is 0 Å². The molecule has 0 unspecified atom stereocenters. The summed E-state index contributed by atoms with van der Waals surface area (Å²) in [4.78, 5) is 25.6. The number of nitriles is 1. The van der Waals surface area contributed by atoms with Gasteiger partial charge in [0.2, 0.25) is 0 Å². The molecule has 1 aromatic carbocycles. The molecule has 5 nitrogen and oxygen atoms in total. The summed E-state index contributed by atoms with van der Waals surface area (Å²) in [6.45, 7) is 0. The number of rotatable bonds is 2. The SMILES string of the molecule is N#Cc1cccc(NC(=O)c2cc(=O)cc[nH]2)c1. The molecular weight excluding hydrogens is 230 g/mol. The maximum absolute atomic E-state index is 11.8. The Bertz CT molecular complexity index is 683. The monoisotopic (exact) mass is 239 g/mol. The molecule has 0 bridgehead atoms. The molecule has 0 radical (unpaired) electrons. The molecule has 1 amide bonds. The van der Waals surface area contributed by atoms with Crippen LogP contribution in [0.15, 0.2) is 47.4 Å². The van der Waals surface area contributed by atoms with Gasteiger partial charge in [-0.05, 0) is 18.2 Å². The summed E-state index contributed by atoms with van der Waals surface area (Å²) in [6.07, 6.45) is 1.41. The van der Waals surface area contributed by atoms with E-state index in [4.69, 9.17) is 5.26 Å². The van der Waals surface area contributed by atoms with Gasteiger partial charge in [0, 0.05) is 24.0 Å². The minimum Gasteiger partial charge on any atom is -0.357 e. The number of pyridine rings is 1. The van der Waals surface area contributed by atoms with Crippen molar-refractivity contribution >= 4 is 11.6 Å². The zero-order chi connectivity index (χ0) is 13.0. The van der Waals surface area contributed by atoms with Crippen LogP contribution in [0, 0.1) is 11.3 Å². The average Bonchev–Trinajstić information content (AvgIpc) is 2.39. The van der Waals surface area contributed by atoms with Crippen molar-refractivity contribution in [3.05, 3.63) is 64.1 Å². The van der Waals surface area contributed by atoms with Crippen LogP contribution in [0.4, 0.5) is 5.69 Å². The van der Waals surface area contributed by atoms with Crippen LogP contribution in [0.25, 0.3) is 0 Å². The predicted octanol–water partition coefficient (Wildman–Crippen LogP) is 1.50. The van der Waals surface area contributed by atoms with Crippen molar-refractivity contribution in [2.75, 3.05) is 5.32 Å². The maximum Gasteiger partial charge on any atom is 0.272 e. The fourth-order valence-corrected chi connectivity index (χ4v) is 1.44. The molecule has 0 aliphatic rings. The van der Waals surface area contributed by atoms with Gasteiger partial charge in [-0.25, -0.2) is 0 Å². The van der Waals surface area contributed by atoms with Crippen molar-refractivity contribution < 1.29 is 4.79 Å². The quantitative estimate of drug-likeness (QED) is 0.832. The van der Waals surface area contributed by atoms with E-state index in [0.717, 1.165) is 0 Å². The highest BCUT2D eigenvalue weighted by atomic mass is 16.2. The molecule has 2 N–H and O–H groups in total. The van der Waals surface area contributed by atoms with Crippen molar-refractivity contribution in [1.29, 1.82) is 5.26 Å². The first-order valence-electron chi connectivity index (χ1n) is 5.19. The van der Waals surface area contributed by atoms with Crippen molar-refractivity contribution in [3.63, 3.8) is 0 Å². The molecular formula is C13H9N3O2. The summed E-state index contributed by atoms with van der Waals surface area (Å²) in [7, 11) is 0. The number of amides is 1. The largest absolute Gasteiger partial charge is 0.357 e. The lowest BCUT2D eigenvalue weighted by atomic mass is 10.2. The molecule has 2 aromatic rings. The van der Waals surface area contributed by atoms with Crippen molar-refractivity contribution in [2.24, 2.45) is 0 Å². The number of aromatic nitrogens is 1. The summed E-state index contributed by atoms with van der Waals surface area (Å²) in [5.74, 6) is -0.428. The number of aromatic amines is 1. The minimum absolute atomic E-state index is 0.171. The summed E-state index contributed by atoms with van der Waals surface area (Å²) in [5, 5.41) is 11.3. The van der Waals surface area contributed by atoms with Crippen molar-refractivity contribution in [3.8, 4) is 6.07 Å². The average molecular weight is 239 g/mol. The fraction of sp³-hybridized carbons (Fsp3) is 0. The third-order valence-corrected chi connectivity index (χ3v) is 2.27. The van der Waals surface area contributed by atoms with Crippen LogP contribution < -0.4 is 10.7 Å². The Morgan fingerprint density at radius 1 is 1.28 bits per heavy atom. The van der Waals surface area contributed by atoms with E-state index < -0.39 is 5.91 Å². The second-order valence-corrected chi connectivity index (χ2v) is 3.58. The van der Waals surface area contributed by atoms with Crippen LogP contribution in [0.3, 0.4) is 0 Å². The Hall–Kier alpha value is -2.87. The lowest BCUT2D eigenvalue weighted by Crippen LogP contribution is -2.16. The minimum atomic E-state index is -0.428. The van der Waals surface area contributed by atoms with E-state index in [0.29, 0.717) is 11.3 Å². The van der Waals surface area contributed by atoms with E-state index in [1.54, 1.807) is 24.3 Å². The number of carbonyl (C=O) groups excluding carboxylic acids is 1. The van der Waals surface area contributed by atoms with E-state index in [1.807, 2.05) is 6.07 Å². The molecule has 5 heteroatoms. The molecule has 88 valence electrons. The van der Waals surface area contributed by atoms with E-state index in [2.05, 4.69) is 10.3 Å². The highest BCUT2D eigenvalue weighted by Crippen LogP contribution is 2.10. The maximum atomic E-state index is 11.8. The van der Waals surface area contributed by atoms with Crippen LogP contribution in [0.5, 0.6) is 0 Å². The summed E-state index contributed by atoms with van der Waals surface area (Å²) < 4.78 is 0. The molecule has 0 atom stereocenters. The Morgan fingerprint density at radius 2 is 2.11 bits per heavy atom. The number of anilines is 1. The lowest BCUT2D eigenvalue weighted by molar-refractivity contribution is 0.102. The van der Waals surface area contributed by atoms with Crippen LogP contribution in [-0.4, -0.2) is 10.9 Å². The van der Waals surface area contributed by atoms with Crippen molar-refractivity contribution in [1.82, 2.24) is 4.98 Å². The number of hydrogen-bond acceptors (Lipinski definition) is 3. The predicted molar refractivity (Wildman–Crippen MR) is 66.2 cm³/mol. The molecule has 0 aliphatic carbocycles. The number of benzene rings is 1. The Labute approximate surface area is 103 Å². The first-order chi connectivity index (χ1) is 8.69. The first kappa shape index (κ1) is 11.6. The second-order valence-electron chi connectivity index (χ2n) is 3.58. The topological polar surface area (TPSA) is 85.8 Å². The van der Waals surface area contributed by atoms with Gasteiger partial charge in [-0.2, -0.15) is 5.26 Å². The highest BCUT2D eigenvalue weighted by Gasteiger charge is 2.06. The Kier molecular flexibility index (Phi) is 3.21. The van der Waals surface area contributed by atoms with Gasteiger partial charge in [0.15, 0.2) is 5.43 Å². The van der Waals surface area contributed by atoms with E-state index in [9.17, 15) is 9.59 Å². The van der Waals surface area contributed by atoms with Crippen LogP contribution in [0.1, 0.15) is 16.1 Å². The van der Waals surface area contributed by atoms with Gasteiger partial charge in [0.05, 0.1) is 11.6 Å². The Morgan fingerprint density at radius 3 is 2.83 bits per heavy atom. The number of nitrogens with one attached hydrogen (secondary N) is 2. The highest BCUT2D eigenvalue weighted by molar-refractivity contribution is 6.02. The zero-order valence-corrected chi connectivity index (χ0v) is 9.31. The smallest absolute Gasteiger partial charge is 0.272 e. The molecule has 0 spiro atoms.